The van der Waals surface area contributed by atoms with Crippen LogP contribution in [-0.4, -0.2) is 13.0 Å². The summed E-state index contributed by atoms with van der Waals surface area (Å²) in [5.41, 5.74) is 0.338. The Morgan fingerprint density at radius 3 is 2.95 bits per heavy atom. The van der Waals surface area contributed by atoms with E-state index < -0.39 is 5.82 Å². The van der Waals surface area contributed by atoms with E-state index in [9.17, 15) is 9.18 Å². The standard InChI is InChI=1S/C15H15BrFNO2S/c1-20-15-12(16)8-10(17)9-13(15)18-14(19)6-2-4-11-5-3-7-21-11/h3,5,7-9H,2,4,6H2,1H3,(H,18,19). The fourth-order valence-corrected chi connectivity index (χ4v) is 3.30. The first-order valence-electron chi connectivity index (χ1n) is 6.45. The summed E-state index contributed by atoms with van der Waals surface area (Å²) in [6, 6.07) is 6.59. The predicted octanol–water partition coefficient (Wildman–Crippen LogP) is 4.62. The highest BCUT2D eigenvalue weighted by atomic mass is 79.9. The Morgan fingerprint density at radius 1 is 1.48 bits per heavy atom. The summed E-state index contributed by atoms with van der Waals surface area (Å²) in [5, 5.41) is 4.71. The molecule has 0 radical (unpaired) electrons. The summed E-state index contributed by atoms with van der Waals surface area (Å²) in [4.78, 5) is 13.2. The maximum absolute atomic E-state index is 13.4. The van der Waals surface area contributed by atoms with Crippen LogP contribution in [0.15, 0.2) is 34.1 Å². The highest BCUT2D eigenvalue weighted by Crippen LogP contribution is 2.34. The summed E-state index contributed by atoms with van der Waals surface area (Å²) in [7, 11) is 1.48. The number of hydrogen-bond donors (Lipinski definition) is 1. The van der Waals surface area contributed by atoms with Crippen molar-refractivity contribution in [3.8, 4) is 5.75 Å². The minimum atomic E-state index is -0.434. The van der Waals surface area contributed by atoms with Gasteiger partial charge in [0.25, 0.3) is 0 Å². The number of methoxy groups -OCH3 is 1. The van der Waals surface area contributed by atoms with E-state index >= 15 is 0 Å². The molecule has 6 heteroatoms. The van der Waals surface area contributed by atoms with Crippen molar-refractivity contribution in [2.45, 2.75) is 19.3 Å². The van der Waals surface area contributed by atoms with Crippen molar-refractivity contribution in [2.75, 3.05) is 12.4 Å². The molecule has 2 aromatic rings. The molecule has 2 rings (SSSR count). The third-order valence-electron chi connectivity index (χ3n) is 2.89. The Bertz CT molecular complexity index is 616. The van der Waals surface area contributed by atoms with E-state index in [2.05, 4.69) is 27.3 Å². The molecule has 0 fully saturated rings. The van der Waals surface area contributed by atoms with Crippen molar-refractivity contribution in [2.24, 2.45) is 0 Å². The lowest BCUT2D eigenvalue weighted by Crippen LogP contribution is -2.12. The minimum absolute atomic E-state index is 0.151. The van der Waals surface area contributed by atoms with Gasteiger partial charge in [0.1, 0.15) is 5.82 Å². The predicted molar refractivity (Wildman–Crippen MR) is 86.5 cm³/mol. The zero-order chi connectivity index (χ0) is 15.2. The van der Waals surface area contributed by atoms with Gasteiger partial charge in [-0.3, -0.25) is 4.79 Å². The van der Waals surface area contributed by atoms with E-state index in [0.717, 1.165) is 12.8 Å². The fraction of sp³-hybridized carbons (Fsp3) is 0.267. The second kappa shape index (κ2) is 7.56. The molecule has 1 aromatic carbocycles. The van der Waals surface area contributed by atoms with E-state index in [0.29, 0.717) is 22.3 Å². The number of hydrogen-bond acceptors (Lipinski definition) is 3. The molecule has 0 atom stereocenters. The Morgan fingerprint density at radius 2 is 2.29 bits per heavy atom. The Balaban J connectivity index is 1.93. The lowest BCUT2D eigenvalue weighted by Gasteiger charge is -2.12. The van der Waals surface area contributed by atoms with Crippen LogP contribution in [0, 0.1) is 5.82 Å². The van der Waals surface area contributed by atoms with E-state index in [4.69, 9.17) is 4.74 Å². The second-order valence-corrected chi connectivity index (χ2v) is 6.34. The van der Waals surface area contributed by atoms with Crippen LogP contribution >= 0.6 is 27.3 Å². The van der Waals surface area contributed by atoms with Gasteiger partial charge < -0.3 is 10.1 Å². The van der Waals surface area contributed by atoms with E-state index in [1.165, 1.54) is 24.1 Å². The normalized spacial score (nSPS) is 10.4. The average molecular weight is 372 g/mol. The van der Waals surface area contributed by atoms with Crippen LogP contribution in [0.2, 0.25) is 0 Å². The second-order valence-electron chi connectivity index (χ2n) is 4.45. The van der Waals surface area contributed by atoms with Crippen LogP contribution in [-0.2, 0) is 11.2 Å². The maximum atomic E-state index is 13.4. The molecule has 0 spiro atoms. The number of aryl methyl sites for hydroxylation is 1. The molecule has 0 aliphatic heterocycles. The van der Waals surface area contributed by atoms with E-state index in [1.54, 1.807) is 11.3 Å². The third kappa shape index (κ3) is 4.54. The number of benzene rings is 1. The Hall–Kier alpha value is -1.40. The SMILES string of the molecule is COc1c(Br)cc(F)cc1NC(=O)CCCc1cccs1. The Labute approximate surface area is 135 Å². The summed E-state index contributed by atoms with van der Waals surface area (Å²) in [6.07, 6.45) is 2.01. The van der Waals surface area contributed by atoms with Gasteiger partial charge >= 0.3 is 0 Å². The molecule has 0 saturated carbocycles. The molecule has 0 bridgehead atoms. The van der Waals surface area contributed by atoms with Crippen molar-refractivity contribution >= 4 is 38.9 Å². The number of anilines is 1. The third-order valence-corrected chi connectivity index (χ3v) is 4.42. The van der Waals surface area contributed by atoms with Crippen molar-refractivity contribution < 1.29 is 13.9 Å². The zero-order valence-electron chi connectivity index (χ0n) is 11.5. The summed E-state index contributed by atoms with van der Waals surface area (Å²) in [5.74, 6) is -0.165. The first-order valence-corrected chi connectivity index (χ1v) is 8.12. The van der Waals surface area contributed by atoms with E-state index in [1.807, 2.05) is 11.4 Å². The monoisotopic (exact) mass is 371 g/mol. The molecule has 0 aliphatic rings. The minimum Gasteiger partial charge on any atom is -0.493 e. The molecule has 0 aliphatic carbocycles. The van der Waals surface area contributed by atoms with Gasteiger partial charge in [0.05, 0.1) is 17.3 Å². The van der Waals surface area contributed by atoms with Crippen LogP contribution in [0.3, 0.4) is 0 Å². The number of halogens is 2. The number of thiophene rings is 1. The zero-order valence-corrected chi connectivity index (χ0v) is 13.9. The van der Waals surface area contributed by atoms with E-state index in [-0.39, 0.29) is 5.91 Å². The van der Waals surface area contributed by atoms with Crippen LogP contribution in [0.5, 0.6) is 5.75 Å². The summed E-state index contributed by atoms with van der Waals surface area (Å²) >= 11 is 4.89. The number of amides is 1. The van der Waals surface area contributed by atoms with Gasteiger partial charge in [-0.15, -0.1) is 11.3 Å². The van der Waals surface area contributed by atoms with Crippen molar-refractivity contribution in [3.05, 3.63) is 44.8 Å². The molecule has 1 N–H and O–H groups in total. The highest BCUT2D eigenvalue weighted by molar-refractivity contribution is 9.10. The van der Waals surface area contributed by atoms with Gasteiger partial charge in [0.2, 0.25) is 5.91 Å². The summed E-state index contributed by atoms with van der Waals surface area (Å²) in [6.45, 7) is 0. The average Bonchev–Trinajstić information content (AvgIpc) is 2.91. The first kappa shape index (κ1) is 16.0. The largest absolute Gasteiger partial charge is 0.493 e. The molecular formula is C15H15BrFNO2S. The van der Waals surface area contributed by atoms with Gasteiger partial charge in [-0.05, 0) is 46.3 Å². The Kier molecular flexibility index (Phi) is 5.76. The number of carbonyl (C=O) groups excluding carboxylic acids is 1. The molecule has 3 nitrogen and oxygen atoms in total. The van der Waals surface area contributed by atoms with Gasteiger partial charge in [0.15, 0.2) is 5.75 Å². The molecule has 0 unspecified atom stereocenters. The van der Waals surface area contributed by atoms with Gasteiger partial charge in [-0.1, -0.05) is 6.07 Å². The molecule has 1 amide bonds. The highest BCUT2D eigenvalue weighted by Gasteiger charge is 2.12. The quantitative estimate of drug-likeness (QED) is 0.804. The number of nitrogens with one attached hydrogen (secondary N) is 1. The topological polar surface area (TPSA) is 38.3 Å². The van der Waals surface area contributed by atoms with Gasteiger partial charge in [-0.2, -0.15) is 0 Å². The maximum Gasteiger partial charge on any atom is 0.224 e. The number of ether oxygens (including phenoxy) is 1. The van der Waals surface area contributed by atoms with Crippen LogP contribution in [0.25, 0.3) is 0 Å². The van der Waals surface area contributed by atoms with Crippen LogP contribution in [0.1, 0.15) is 17.7 Å². The smallest absolute Gasteiger partial charge is 0.224 e. The van der Waals surface area contributed by atoms with Gasteiger partial charge in [-0.25, -0.2) is 4.39 Å². The lowest BCUT2D eigenvalue weighted by atomic mass is 10.2. The first-order chi connectivity index (χ1) is 10.1. The number of carbonyl (C=O) groups is 1. The van der Waals surface area contributed by atoms with Crippen molar-refractivity contribution in [3.63, 3.8) is 0 Å². The fourth-order valence-electron chi connectivity index (χ4n) is 1.95. The van der Waals surface area contributed by atoms with Crippen LogP contribution in [0.4, 0.5) is 10.1 Å². The molecule has 112 valence electrons. The molecule has 1 aromatic heterocycles. The molecule has 21 heavy (non-hydrogen) atoms. The van der Waals surface area contributed by atoms with Gasteiger partial charge in [0, 0.05) is 17.4 Å². The molecule has 1 heterocycles. The van der Waals surface area contributed by atoms with Crippen molar-refractivity contribution in [1.82, 2.24) is 0 Å². The van der Waals surface area contributed by atoms with Crippen molar-refractivity contribution in [1.29, 1.82) is 0 Å². The lowest BCUT2D eigenvalue weighted by molar-refractivity contribution is -0.116. The summed E-state index contributed by atoms with van der Waals surface area (Å²) < 4.78 is 19.0. The number of rotatable bonds is 6. The molecule has 0 saturated heterocycles. The molecular weight excluding hydrogens is 357 g/mol. The van der Waals surface area contributed by atoms with Crippen LogP contribution < -0.4 is 10.1 Å².